The van der Waals surface area contributed by atoms with E-state index in [1.165, 1.54) is 25.3 Å². The van der Waals surface area contributed by atoms with Crippen LogP contribution in [-0.2, 0) is 6.42 Å². The number of hydrogen-bond acceptors (Lipinski definition) is 2. The van der Waals surface area contributed by atoms with Gasteiger partial charge in [-0.3, -0.25) is 11.3 Å². The largest absolute Gasteiger partial charge is 0.271 e. The molecule has 18 heavy (non-hydrogen) atoms. The molecule has 2 saturated carbocycles. The summed E-state index contributed by atoms with van der Waals surface area (Å²) in [6.45, 7) is 0. The van der Waals surface area contributed by atoms with Crippen LogP contribution in [0.2, 0.25) is 0 Å². The van der Waals surface area contributed by atoms with Crippen molar-refractivity contribution in [1.82, 2.24) is 5.43 Å². The second-order valence-corrected chi connectivity index (χ2v) is 6.40. The van der Waals surface area contributed by atoms with Crippen LogP contribution in [0.1, 0.15) is 24.8 Å². The zero-order valence-corrected chi connectivity index (χ0v) is 11.8. The second-order valence-electron chi connectivity index (χ2n) is 5.55. The molecule has 3 rings (SSSR count). The monoisotopic (exact) mass is 312 g/mol. The van der Waals surface area contributed by atoms with Crippen molar-refractivity contribution in [2.75, 3.05) is 0 Å². The van der Waals surface area contributed by atoms with E-state index in [-0.39, 0.29) is 11.9 Å². The minimum absolute atomic E-state index is 0.181. The molecule has 0 amide bonds. The van der Waals surface area contributed by atoms with Crippen LogP contribution in [-0.4, -0.2) is 6.04 Å². The average molecular weight is 313 g/mol. The summed E-state index contributed by atoms with van der Waals surface area (Å²) in [4.78, 5) is 0. The summed E-state index contributed by atoms with van der Waals surface area (Å²) in [5.41, 5.74) is 3.95. The van der Waals surface area contributed by atoms with Gasteiger partial charge in [-0.25, -0.2) is 4.39 Å². The maximum absolute atomic E-state index is 13.3. The van der Waals surface area contributed by atoms with Crippen molar-refractivity contribution in [3.05, 3.63) is 34.1 Å². The number of fused-ring (bicyclic) bond motifs is 1. The zero-order chi connectivity index (χ0) is 12.7. The molecule has 2 aliphatic carbocycles. The fourth-order valence-corrected chi connectivity index (χ4v) is 4.13. The predicted octanol–water partition coefficient (Wildman–Crippen LogP) is 3.01. The Balaban J connectivity index is 1.72. The van der Waals surface area contributed by atoms with E-state index in [4.69, 9.17) is 5.84 Å². The summed E-state index contributed by atoms with van der Waals surface area (Å²) in [6, 6.07) is 5.13. The van der Waals surface area contributed by atoms with Crippen molar-refractivity contribution in [1.29, 1.82) is 0 Å². The normalized spacial score (nSPS) is 31.2. The first-order chi connectivity index (χ1) is 8.70. The van der Waals surface area contributed by atoms with E-state index in [2.05, 4.69) is 21.4 Å². The lowest BCUT2D eigenvalue weighted by Gasteiger charge is -2.18. The highest BCUT2D eigenvalue weighted by Gasteiger charge is 2.55. The number of hydrazine groups is 1. The molecule has 0 bridgehead atoms. The van der Waals surface area contributed by atoms with Gasteiger partial charge in [0.25, 0.3) is 0 Å². The van der Waals surface area contributed by atoms with E-state index in [0.29, 0.717) is 5.92 Å². The molecule has 2 aliphatic rings. The lowest BCUT2D eigenvalue weighted by molar-refractivity contribution is 0.409. The molecule has 0 saturated heterocycles. The summed E-state index contributed by atoms with van der Waals surface area (Å²) >= 11 is 3.48. The van der Waals surface area contributed by atoms with Crippen LogP contribution in [0.4, 0.5) is 4.39 Å². The number of hydrogen-bond donors (Lipinski definition) is 2. The number of nitrogens with two attached hydrogens (primary N) is 1. The summed E-state index contributed by atoms with van der Waals surface area (Å²) in [5, 5.41) is 0. The maximum Gasteiger partial charge on any atom is 0.123 e. The third-order valence-electron chi connectivity index (χ3n) is 4.60. The molecule has 2 fully saturated rings. The molecule has 0 spiro atoms. The molecule has 1 aromatic rings. The van der Waals surface area contributed by atoms with Crippen molar-refractivity contribution in [3.8, 4) is 0 Å². The molecule has 3 atom stereocenters. The van der Waals surface area contributed by atoms with Gasteiger partial charge in [0.15, 0.2) is 0 Å². The Labute approximate surface area is 115 Å². The topological polar surface area (TPSA) is 38.0 Å². The second kappa shape index (κ2) is 4.91. The van der Waals surface area contributed by atoms with Gasteiger partial charge >= 0.3 is 0 Å². The van der Waals surface area contributed by atoms with Gasteiger partial charge in [-0.1, -0.05) is 22.4 Å². The molecule has 2 nitrogen and oxygen atoms in total. The third-order valence-corrected chi connectivity index (χ3v) is 5.37. The Morgan fingerprint density at radius 2 is 2.11 bits per heavy atom. The predicted molar refractivity (Wildman–Crippen MR) is 73.2 cm³/mol. The van der Waals surface area contributed by atoms with E-state index in [1.54, 1.807) is 12.1 Å². The fraction of sp³-hybridized carbons (Fsp3) is 0.571. The molecule has 0 aliphatic heterocycles. The molecule has 0 heterocycles. The van der Waals surface area contributed by atoms with E-state index in [1.807, 2.05) is 0 Å². The average Bonchev–Trinajstić information content (AvgIpc) is 2.83. The molecule has 0 aromatic heterocycles. The van der Waals surface area contributed by atoms with Crippen LogP contribution in [0.25, 0.3) is 0 Å². The lowest BCUT2D eigenvalue weighted by atomic mass is 9.97. The molecule has 0 radical (unpaired) electrons. The van der Waals surface area contributed by atoms with Gasteiger partial charge in [0, 0.05) is 10.5 Å². The lowest BCUT2D eigenvalue weighted by Crippen LogP contribution is -2.39. The number of nitrogens with one attached hydrogen (secondary N) is 1. The SMILES string of the molecule is NNC(Cc1cc(F)ccc1Br)C1C2CCCC21. The molecule has 3 N–H and O–H groups in total. The van der Waals surface area contributed by atoms with Gasteiger partial charge < -0.3 is 0 Å². The van der Waals surface area contributed by atoms with Gasteiger partial charge in [-0.2, -0.15) is 0 Å². The third kappa shape index (κ3) is 2.22. The van der Waals surface area contributed by atoms with E-state index in [0.717, 1.165) is 28.3 Å². The summed E-state index contributed by atoms with van der Waals surface area (Å²) in [6.07, 6.45) is 4.86. The van der Waals surface area contributed by atoms with Crippen LogP contribution in [0, 0.1) is 23.6 Å². The van der Waals surface area contributed by atoms with Crippen LogP contribution in [0.15, 0.2) is 22.7 Å². The highest BCUT2D eigenvalue weighted by Crippen LogP contribution is 2.59. The van der Waals surface area contributed by atoms with Gasteiger partial charge in [-0.05, 0) is 60.8 Å². The number of halogens is 2. The molecule has 1 aromatic carbocycles. The van der Waals surface area contributed by atoms with Crippen LogP contribution >= 0.6 is 15.9 Å². The van der Waals surface area contributed by atoms with Crippen molar-refractivity contribution in [3.63, 3.8) is 0 Å². The van der Waals surface area contributed by atoms with Crippen LogP contribution < -0.4 is 11.3 Å². The van der Waals surface area contributed by atoms with Crippen molar-refractivity contribution in [2.45, 2.75) is 31.7 Å². The Hall–Kier alpha value is -0.450. The van der Waals surface area contributed by atoms with Gasteiger partial charge in [-0.15, -0.1) is 0 Å². The van der Waals surface area contributed by atoms with Gasteiger partial charge in [0.1, 0.15) is 5.82 Å². The van der Waals surface area contributed by atoms with E-state index < -0.39 is 0 Å². The Morgan fingerprint density at radius 3 is 2.78 bits per heavy atom. The first-order valence-corrected chi connectivity index (χ1v) is 7.40. The highest BCUT2D eigenvalue weighted by atomic mass is 79.9. The standard InChI is InChI=1S/C14H18BrFN2/c15-12-5-4-9(16)6-8(12)7-13(18-17)14-10-2-1-3-11(10)14/h4-6,10-11,13-14,18H,1-3,7,17H2. The quantitative estimate of drug-likeness (QED) is 0.662. The first-order valence-electron chi connectivity index (χ1n) is 6.60. The smallest absolute Gasteiger partial charge is 0.123 e. The van der Waals surface area contributed by atoms with Crippen molar-refractivity contribution in [2.24, 2.45) is 23.6 Å². The number of rotatable bonds is 4. The summed E-state index contributed by atoms with van der Waals surface area (Å²) < 4.78 is 14.2. The first kappa shape index (κ1) is 12.6. The van der Waals surface area contributed by atoms with Gasteiger partial charge in [0.2, 0.25) is 0 Å². The summed E-state index contributed by atoms with van der Waals surface area (Å²) in [5.74, 6) is 7.93. The van der Waals surface area contributed by atoms with Crippen LogP contribution in [0.3, 0.4) is 0 Å². The van der Waals surface area contributed by atoms with Crippen molar-refractivity contribution >= 4 is 15.9 Å². The zero-order valence-electron chi connectivity index (χ0n) is 10.2. The minimum Gasteiger partial charge on any atom is -0.271 e. The molecule has 98 valence electrons. The van der Waals surface area contributed by atoms with Gasteiger partial charge in [0.05, 0.1) is 0 Å². The maximum atomic E-state index is 13.3. The fourth-order valence-electron chi connectivity index (χ4n) is 3.72. The molecular weight excluding hydrogens is 295 g/mol. The molecular formula is C14H18BrFN2. The molecule has 4 heteroatoms. The minimum atomic E-state index is -0.181. The van der Waals surface area contributed by atoms with Crippen molar-refractivity contribution < 1.29 is 4.39 Å². The number of benzene rings is 1. The van der Waals surface area contributed by atoms with E-state index >= 15 is 0 Å². The Morgan fingerprint density at radius 1 is 1.39 bits per heavy atom. The summed E-state index contributed by atoms with van der Waals surface area (Å²) in [7, 11) is 0. The Kier molecular flexibility index (Phi) is 3.43. The van der Waals surface area contributed by atoms with Crippen LogP contribution in [0.5, 0.6) is 0 Å². The van der Waals surface area contributed by atoms with E-state index in [9.17, 15) is 4.39 Å². The molecule has 3 unspecified atom stereocenters. The highest BCUT2D eigenvalue weighted by molar-refractivity contribution is 9.10. The Bertz CT molecular complexity index is 441.